The summed E-state index contributed by atoms with van der Waals surface area (Å²) in [5.41, 5.74) is 0. The van der Waals surface area contributed by atoms with Crippen LogP contribution in [0.4, 0.5) is 0 Å². The summed E-state index contributed by atoms with van der Waals surface area (Å²) in [5.74, 6) is 1.51. The molecule has 13 heavy (non-hydrogen) atoms. The Kier molecular flexibility index (Phi) is 3.60. The smallest absolute Gasteiger partial charge is 0.133 e. The minimum absolute atomic E-state index is 0.240. The zero-order valence-corrected chi connectivity index (χ0v) is 9.34. The fourth-order valence-corrected chi connectivity index (χ4v) is 1.34. The van der Waals surface area contributed by atoms with Gasteiger partial charge < -0.3 is 9.84 Å². The summed E-state index contributed by atoms with van der Waals surface area (Å²) in [6, 6.07) is 4.98. The SMILES string of the molecule is CC(C)COc1ccc(O)cc1Br. The lowest BCUT2D eigenvalue weighted by molar-refractivity contribution is 0.269. The van der Waals surface area contributed by atoms with Gasteiger partial charge in [0.1, 0.15) is 11.5 Å². The number of rotatable bonds is 3. The van der Waals surface area contributed by atoms with Gasteiger partial charge in [-0.3, -0.25) is 0 Å². The first-order valence-corrected chi connectivity index (χ1v) is 5.00. The highest BCUT2D eigenvalue weighted by Crippen LogP contribution is 2.28. The third-order valence-electron chi connectivity index (χ3n) is 1.49. The molecule has 0 radical (unpaired) electrons. The van der Waals surface area contributed by atoms with Crippen molar-refractivity contribution in [3.05, 3.63) is 22.7 Å². The van der Waals surface area contributed by atoms with Crippen LogP contribution in [0.15, 0.2) is 22.7 Å². The van der Waals surface area contributed by atoms with E-state index >= 15 is 0 Å². The average Bonchev–Trinajstić information content (AvgIpc) is 2.02. The van der Waals surface area contributed by atoms with Crippen LogP contribution >= 0.6 is 15.9 Å². The summed E-state index contributed by atoms with van der Waals surface area (Å²) in [6.45, 7) is 4.87. The van der Waals surface area contributed by atoms with E-state index in [2.05, 4.69) is 29.8 Å². The minimum atomic E-state index is 0.240. The molecule has 1 rings (SSSR count). The van der Waals surface area contributed by atoms with Gasteiger partial charge in [0.2, 0.25) is 0 Å². The van der Waals surface area contributed by atoms with E-state index in [9.17, 15) is 0 Å². The van der Waals surface area contributed by atoms with Crippen LogP contribution in [0.5, 0.6) is 11.5 Å². The van der Waals surface area contributed by atoms with Crippen molar-refractivity contribution in [2.75, 3.05) is 6.61 Å². The third kappa shape index (κ3) is 3.27. The van der Waals surface area contributed by atoms with Gasteiger partial charge in [0, 0.05) is 0 Å². The van der Waals surface area contributed by atoms with Gasteiger partial charge in [-0.25, -0.2) is 0 Å². The van der Waals surface area contributed by atoms with E-state index in [1.54, 1.807) is 18.2 Å². The number of benzene rings is 1. The minimum Gasteiger partial charge on any atom is -0.508 e. The van der Waals surface area contributed by atoms with Gasteiger partial charge >= 0.3 is 0 Å². The van der Waals surface area contributed by atoms with Crippen molar-refractivity contribution in [2.45, 2.75) is 13.8 Å². The van der Waals surface area contributed by atoms with Crippen molar-refractivity contribution in [2.24, 2.45) is 5.92 Å². The van der Waals surface area contributed by atoms with Crippen LogP contribution in [0.3, 0.4) is 0 Å². The van der Waals surface area contributed by atoms with Crippen LogP contribution in [-0.4, -0.2) is 11.7 Å². The van der Waals surface area contributed by atoms with Gasteiger partial charge in [0.25, 0.3) is 0 Å². The summed E-state index contributed by atoms with van der Waals surface area (Å²) in [6.07, 6.45) is 0. The zero-order chi connectivity index (χ0) is 9.84. The first kappa shape index (κ1) is 10.4. The number of hydrogen-bond donors (Lipinski definition) is 1. The molecule has 0 aliphatic rings. The zero-order valence-electron chi connectivity index (χ0n) is 7.75. The second-order valence-electron chi connectivity index (χ2n) is 3.32. The molecular formula is C10H13BrO2. The summed E-state index contributed by atoms with van der Waals surface area (Å²) in [4.78, 5) is 0. The second-order valence-corrected chi connectivity index (χ2v) is 4.17. The van der Waals surface area contributed by atoms with E-state index in [-0.39, 0.29) is 5.75 Å². The fourth-order valence-electron chi connectivity index (χ4n) is 0.863. The summed E-state index contributed by atoms with van der Waals surface area (Å²) in [5, 5.41) is 9.13. The van der Waals surface area contributed by atoms with E-state index < -0.39 is 0 Å². The van der Waals surface area contributed by atoms with Crippen LogP contribution < -0.4 is 4.74 Å². The molecule has 0 saturated carbocycles. The Morgan fingerprint density at radius 2 is 2.15 bits per heavy atom. The molecule has 0 fully saturated rings. The molecule has 0 unspecified atom stereocenters. The first-order valence-electron chi connectivity index (χ1n) is 4.21. The van der Waals surface area contributed by atoms with Gasteiger partial charge in [-0.05, 0) is 40.0 Å². The van der Waals surface area contributed by atoms with Crippen LogP contribution in [0.25, 0.3) is 0 Å². The molecule has 0 aliphatic heterocycles. The molecule has 0 amide bonds. The van der Waals surface area contributed by atoms with Crippen LogP contribution in [0, 0.1) is 5.92 Å². The van der Waals surface area contributed by atoms with E-state index in [1.165, 1.54) is 0 Å². The Balaban J connectivity index is 2.67. The highest BCUT2D eigenvalue weighted by atomic mass is 79.9. The number of hydrogen-bond acceptors (Lipinski definition) is 2. The van der Waals surface area contributed by atoms with Crippen molar-refractivity contribution in [1.29, 1.82) is 0 Å². The highest BCUT2D eigenvalue weighted by Gasteiger charge is 2.02. The molecule has 0 saturated heterocycles. The number of phenols is 1. The lowest BCUT2D eigenvalue weighted by Gasteiger charge is -2.10. The summed E-state index contributed by atoms with van der Waals surface area (Å²) >= 11 is 3.31. The largest absolute Gasteiger partial charge is 0.508 e. The molecule has 0 aromatic heterocycles. The maximum Gasteiger partial charge on any atom is 0.133 e. The second kappa shape index (κ2) is 4.51. The maximum atomic E-state index is 9.13. The van der Waals surface area contributed by atoms with E-state index in [1.807, 2.05) is 0 Å². The number of phenolic OH excluding ortho intramolecular Hbond substituents is 1. The van der Waals surface area contributed by atoms with Crippen molar-refractivity contribution in [3.8, 4) is 11.5 Å². The molecule has 1 aromatic carbocycles. The molecule has 3 heteroatoms. The molecule has 1 N–H and O–H groups in total. The quantitative estimate of drug-likeness (QED) is 0.886. The molecule has 0 heterocycles. The number of aromatic hydroxyl groups is 1. The molecule has 2 nitrogen and oxygen atoms in total. The normalized spacial score (nSPS) is 10.5. The Hall–Kier alpha value is -0.700. The molecule has 0 bridgehead atoms. The van der Waals surface area contributed by atoms with Gasteiger partial charge in [-0.2, -0.15) is 0 Å². The Bertz CT molecular complexity index is 284. The predicted octanol–water partition coefficient (Wildman–Crippen LogP) is 3.19. The van der Waals surface area contributed by atoms with Crippen LogP contribution in [0.2, 0.25) is 0 Å². The van der Waals surface area contributed by atoms with Crippen molar-refractivity contribution in [1.82, 2.24) is 0 Å². The Morgan fingerprint density at radius 3 is 2.69 bits per heavy atom. The van der Waals surface area contributed by atoms with Gasteiger partial charge in [-0.1, -0.05) is 13.8 Å². The lowest BCUT2D eigenvalue weighted by atomic mass is 10.2. The Morgan fingerprint density at radius 1 is 1.46 bits per heavy atom. The first-order chi connectivity index (χ1) is 6.09. The van der Waals surface area contributed by atoms with Gasteiger partial charge in [0.05, 0.1) is 11.1 Å². The summed E-state index contributed by atoms with van der Waals surface area (Å²) in [7, 11) is 0. The van der Waals surface area contributed by atoms with E-state index in [0.717, 1.165) is 10.2 Å². The molecule has 0 atom stereocenters. The van der Waals surface area contributed by atoms with Crippen LogP contribution in [-0.2, 0) is 0 Å². The molecule has 0 aliphatic carbocycles. The number of ether oxygens (including phenoxy) is 1. The molecule has 1 aromatic rings. The van der Waals surface area contributed by atoms with Gasteiger partial charge in [0.15, 0.2) is 0 Å². The monoisotopic (exact) mass is 244 g/mol. The van der Waals surface area contributed by atoms with Crippen molar-refractivity contribution < 1.29 is 9.84 Å². The third-order valence-corrected chi connectivity index (χ3v) is 2.11. The maximum absolute atomic E-state index is 9.13. The van der Waals surface area contributed by atoms with Gasteiger partial charge in [-0.15, -0.1) is 0 Å². The molecular weight excluding hydrogens is 232 g/mol. The highest BCUT2D eigenvalue weighted by molar-refractivity contribution is 9.10. The lowest BCUT2D eigenvalue weighted by Crippen LogP contribution is -2.04. The predicted molar refractivity (Wildman–Crippen MR) is 56.1 cm³/mol. The molecule has 72 valence electrons. The van der Waals surface area contributed by atoms with E-state index in [0.29, 0.717) is 12.5 Å². The topological polar surface area (TPSA) is 29.5 Å². The summed E-state index contributed by atoms with van der Waals surface area (Å²) < 4.78 is 6.28. The Labute approximate surface area is 86.7 Å². The molecule has 0 spiro atoms. The standard InChI is InChI=1S/C10H13BrO2/c1-7(2)6-13-10-4-3-8(12)5-9(10)11/h3-5,7,12H,6H2,1-2H3. The van der Waals surface area contributed by atoms with Crippen molar-refractivity contribution in [3.63, 3.8) is 0 Å². The average molecular weight is 245 g/mol. The van der Waals surface area contributed by atoms with E-state index in [4.69, 9.17) is 9.84 Å². The van der Waals surface area contributed by atoms with Crippen molar-refractivity contribution >= 4 is 15.9 Å². The fraction of sp³-hybridized carbons (Fsp3) is 0.400. The van der Waals surface area contributed by atoms with Crippen LogP contribution in [0.1, 0.15) is 13.8 Å². The number of halogens is 1.